The second-order valence-electron chi connectivity index (χ2n) is 3.31. The normalized spacial score (nSPS) is 11.9. The van der Waals surface area contributed by atoms with Crippen LogP contribution in [0.5, 0.6) is 0 Å². The molecule has 0 radical (unpaired) electrons. The van der Waals surface area contributed by atoms with Gasteiger partial charge in [-0.3, -0.25) is 4.98 Å². The highest BCUT2D eigenvalue weighted by Crippen LogP contribution is 2.33. The molecular formula is C10H7Cl2NO2S. The van der Waals surface area contributed by atoms with Crippen molar-refractivity contribution in [2.24, 2.45) is 0 Å². The summed E-state index contributed by atoms with van der Waals surface area (Å²) in [5, 5.41) is 1.34. The largest absolute Gasteiger partial charge is 0.263 e. The highest BCUT2D eigenvalue weighted by molar-refractivity contribution is 8.14. The van der Waals surface area contributed by atoms with Gasteiger partial charge in [0, 0.05) is 33.3 Å². The Labute approximate surface area is 102 Å². The predicted molar refractivity (Wildman–Crippen MR) is 64.5 cm³/mol. The van der Waals surface area contributed by atoms with E-state index in [1.807, 2.05) is 0 Å². The third kappa shape index (κ3) is 1.88. The predicted octanol–water partition coefficient (Wildman–Crippen LogP) is 3.12. The fourth-order valence-corrected chi connectivity index (χ4v) is 3.42. The average Bonchev–Trinajstić information content (AvgIpc) is 2.15. The molecule has 0 N–H and O–H groups in total. The number of nitrogens with zero attached hydrogens (tertiary/aromatic N) is 1. The summed E-state index contributed by atoms with van der Waals surface area (Å²) in [5.41, 5.74) is 0.732. The zero-order chi connectivity index (χ0) is 11.9. The molecule has 0 unspecified atom stereocenters. The van der Waals surface area contributed by atoms with E-state index >= 15 is 0 Å². The van der Waals surface area contributed by atoms with Crippen LogP contribution in [-0.2, 0) is 9.05 Å². The lowest BCUT2D eigenvalue weighted by atomic mass is 10.1. The fourth-order valence-electron chi connectivity index (χ4n) is 1.59. The monoisotopic (exact) mass is 275 g/mol. The molecule has 0 saturated heterocycles. The summed E-state index contributed by atoms with van der Waals surface area (Å²) in [6.07, 6.45) is 1.53. The van der Waals surface area contributed by atoms with Crippen molar-refractivity contribution >= 4 is 42.1 Å². The third-order valence-corrected chi connectivity index (χ3v) is 4.11. The minimum atomic E-state index is -3.86. The zero-order valence-electron chi connectivity index (χ0n) is 8.24. The van der Waals surface area contributed by atoms with Crippen molar-refractivity contribution in [3.8, 4) is 0 Å². The minimum absolute atomic E-state index is 0.0566. The Kier molecular flexibility index (Phi) is 2.82. The molecule has 84 valence electrons. The molecule has 0 aliphatic heterocycles. The van der Waals surface area contributed by atoms with Crippen molar-refractivity contribution in [1.29, 1.82) is 0 Å². The lowest BCUT2D eigenvalue weighted by molar-refractivity contribution is 0.610. The van der Waals surface area contributed by atoms with Gasteiger partial charge in [0.1, 0.15) is 4.90 Å². The van der Waals surface area contributed by atoms with Crippen LogP contribution in [0.3, 0.4) is 0 Å². The van der Waals surface area contributed by atoms with Gasteiger partial charge < -0.3 is 0 Å². The fraction of sp³-hybridized carbons (Fsp3) is 0.100. The van der Waals surface area contributed by atoms with Gasteiger partial charge in [-0.15, -0.1) is 0 Å². The molecule has 0 amide bonds. The highest BCUT2D eigenvalue weighted by atomic mass is 35.7. The number of aromatic nitrogens is 1. The number of fused-ring (bicyclic) bond motifs is 1. The summed E-state index contributed by atoms with van der Waals surface area (Å²) in [4.78, 5) is 4.02. The van der Waals surface area contributed by atoms with Crippen LogP contribution >= 0.6 is 22.3 Å². The number of hydrogen-bond acceptors (Lipinski definition) is 3. The van der Waals surface area contributed by atoms with Gasteiger partial charge >= 0.3 is 0 Å². The Bertz CT molecular complexity index is 668. The number of pyridine rings is 1. The summed E-state index contributed by atoms with van der Waals surface area (Å²) in [6, 6.07) is 4.82. The van der Waals surface area contributed by atoms with E-state index < -0.39 is 9.05 Å². The third-order valence-electron chi connectivity index (χ3n) is 2.29. The van der Waals surface area contributed by atoms with Gasteiger partial charge in [-0.2, -0.15) is 0 Å². The molecule has 0 atom stereocenters. The van der Waals surface area contributed by atoms with E-state index in [0.717, 1.165) is 11.1 Å². The van der Waals surface area contributed by atoms with Gasteiger partial charge in [0.05, 0.1) is 5.02 Å². The molecule has 2 aromatic rings. The summed E-state index contributed by atoms with van der Waals surface area (Å²) >= 11 is 5.86. The first-order valence-electron chi connectivity index (χ1n) is 4.40. The molecule has 0 fully saturated rings. The number of halogens is 2. The maximum Gasteiger partial charge on any atom is 0.263 e. The molecule has 3 nitrogen and oxygen atoms in total. The van der Waals surface area contributed by atoms with Crippen molar-refractivity contribution in [3.05, 3.63) is 35.1 Å². The molecule has 1 aromatic carbocycles. The Morgan fingerprint density at radius 3 is 2.50 bits per heavy atom. The summed E-state index contributed by atoms with van der Waals surface area (Å²) < 4.78 is 22.9. The molecular weight excluding hydrogens is 269 g/mol. The van der Waals surface area contributed by atoms with Gasteiger partial charge in [0.2, 0.25) is 0 Å². The van der Waals surface area contributed by atoms with Crippen LogP contribution in [0, 0.1) is 6.92 Å². The van der Waals surface area contributed by atoms with E-state index in [2.05, 4.69) is 4.98 Å². The summed E-state index contributed by atoms with van der Waals surface area (Å²) in [5.74, 6) is 0. The van der Waals surface area contributed by atoms with Crippen molar-refractivity contribution < 1.29 is 8.42 Å². The first-order chi connectivity index (χ1) is 7.41. The van der Waals surface area contributed by atoms with Crippen molar-refractivity contribution in [1.82, 2.24) is 4.98 Å². The molecule has 1 heterocycles. The molecule has 6 heteroatoms. The van der Waals surface area contributed by atoms with Gasteiger partial charge in [-0.05, 0) is 19.1 Å². The Morgan fingerprint density at radius 1 is 1.19 bits per heavy atom. The Morgan fingerprint density at radius 2 is 1.88 bits per heavy atom. The van der Waals surface area contributed by atoms with Crippen molar-refractivity contribution in [3.63, 3.8) is 0 Å². The molecule has 1 aromatic heterocycles. The first kappa shape index (κ1) is 11.6. The standard InChI is InChI=1S/C10H7Cl2NO2S/c1-6-7-2-3-9(11)10(16(12,14)15)8(7)4-5-13-6/h2-5H,1H3. The topological polar surface area (TPSA) is 47.0 Å². The highest BCUT2D eigenvalue weighted by Gasteiger charge is 2.19. The smallest absolute Gasteiger partial charge is 0.261 e. The van der Waals surface area contributed by atoms with Gasteiger partial charge in [-0.1, -0.05) is 17.7 Å². The van der Waals surface area contributed by atoms with E-state index in [-0.39, 0.29) is 9.92 Å². The SMILES string of the molecule is Cc1nccc2c(S(=O)(=O)Cl)c(Cl)ccc12. The van der Waals surface area contributed by atoms with Crippen molar-refractivity contribution in [2.45, 2.75) is 11.8 Å². The lowest BCUT2D eigenvalue weighted by Gasteiger charge is -2.06. The molecule has 16 heavy (non-hydrogen) atoms. The van der Waals surface area contributed by atoms with Crippen LogP contribution in [0.4, 0.5) is 0 Å². The molecule has 0 spiro atoms. The van der Waals surface area contributed by atoms with Crippen LogP contribution in [-0.4, -0.2) is 13.4 Å². The van der Waals surface area contributed by atoms with E-state index in [4.69, 9.17) is 22.3 Å². The van der Waals surface area contributed by atoms with Gasteiger partial charge in [0.15, 0.2) is 0 Å². The lowest BCUT2D eigenvalue weighted by Crippen LogP contribution is -1.95. The maximum absolute atomic E-state index is 11.4. The zero-order valence-corrected chi connectivity index (χ0v) is 10.6. The quantitative estimate of drug-likeness (QED) is 0.752. The van der Waals surface area contributed by atoms with Crippen LogP contribution in [0.2, 0.25) is 5.02 Å². The number of rotatable bonds is 1. The van der Waals surface area contributed by atoms with Crippen LogP contribution in [0.25, 0.3) is 10.8 Å². The minimum Gasteiger partial charge on any atom is -0.261 e. The van der Waals surface area contributed by atoms with E-state index in [1.165, 1.54) is 12.3 Å². The number of benzene rings is 1. The van der Waals surface area contributed by atoms with Crippen LogP contribution < -0.4 is 0 Å². The average molecular weight is 276 g/mol. The summed E-state index contributed by atoms with van der Waals surface area (Å²) in [6.45, 7) is 1.79. The molecule has 0 saturated carbocycles. The van der Waals surface area contributed by atoms with Gasteiger partial charge in [0.25, 0.3) is 9.05 Å². The number of hydrogen-bond donors (Lipinski definition) is 0. The second-order valence-corrected chi connectivity index (χ2v) is 6.22. The van der Waals surface area contributed by atoms with Crippen LogP contribution in [0.15, 0.2) is 29.3 Å². The number of aryl methyl sites for hydroxylation is 1. The molecule has 0 aliphatic carbocycles. The maximum atomic E-state index is 11.4. The Hall–Kier alpha value is -0.840. The molecule has 0 bridgehead atoms. The van der Waals surface area contributed by atoms with E-state index in [0.29, 0.717) is 5.39 Å². The second kappa shape index (κ2) is 3.87. The summed E-state index contributed by atoms with van der Waals surface area (Å²) in [7, 11) is 1.50. The first-order valence-corrected chi connectivity index (χ1v) is 7.08. The van der Waals surface area contributed by atoms with E-state index in [9.17, 15) is 8.42 Å². The van der Waals surface area contributed by atoms with E-state index in [1.54, 1.807) is 19.1 Å². The van der Waals surface area contributed by atoms with Crippen molar-refractivity contribution in [2.75, 3.05) is 0 Å². The molecule has 0 aliphatic rings. The molecule has 2 rings (SSSR count). The Balaban J connectivity index is 3.03. The van der Waals surface area contributed by atoms with Crippen LogP contribution in [0.1, 0.15) is 5.69 Å². The van der Waals surface area contributed by atoms with Gasteiger partial charge in [-0.25, -0.2) is 8.42 Å².